The molecule has 1 amide bonds. The molecule has 1 aliphatic carbocycles. The molecule has 1 N–H and O–H groups in total. The summed E-state index contributed by atoms with van der Waals surface area (Å²) >= 11 is 0. The smallest absolute Gasteiger partial charge is 0.408 e. The summed E-state index contributed by atoms with van der Waals surface area (Å²) in [6.45, 7) is 12.3. The fourth-order valence-electron chi connectivity index (χ4n) is 4.82. The summed E-state index contributed by atoms with van der Waals surface area (Å²) in [6, 6.07) is 14.5. The molecule has 0 saturated heterocycles. The predicted molar refractivity (Wildman–Crippen MR) is 155 cm³/mol. The van der Waals surface area contributed by atoms with Crippen molar-refractivity contribution in [1.29, 1.82) is 0 Å². The third kappa shape index (κ3) is 5.80. The molecule has 0 radical (unpaired) electrons. The Balaban J connectivity index is 1.35. The Labute approximate surface area is 240 Å². The van der Waals surface area contributed by atoms with E-state index in [4.69, 9.17) is 19.0 Å². The monoisotopic (exact) mass is 555 g/mol. The van der Waals surface area contributed by atoms with Gasteiger partial charge in [-0.05, 0) is 62.9 Å². The molecule has 0 spiro atoms. The highest BCUT2D eigenvalue weighted by molar-refractivity contribution is 5.69. The molecule has 9 nitrogen and oxygen atoms in total. The predicted octanol–water partition coefficient (Wildman–Crippen LogP) is 6.68. The van der Waals surface area contributed by atoms with Gasteiger partial charge < -0.3 is 19.3 Å². The molecular formula is C32H37N5O4. The summed E-state index contributed by atoms with van der Waals surface area (Å²) in [5.74, 6) is 1.71. The van der Waals surface area contributed by atoms with Crippen LogP contribution in [0.1, 0.15) is 71.5 Å². The number of pyridine rings is 2. The molecule has 9 heteroatoms. The maximum Gasteiger partial charge on any atom is 0.408 e. The Bertz CT molecular complexity index is 1520. The van der Waals surface area contributed by atoms with Gasteiger partial charge in [-0.1, -0.05) is 43.3 Å². The van der Waals surface area contributed by atoms with Crippen LogP contribution in [0.15, 0.2) is 65.6 Å². The number of methoxy groups -OCH3 is 1. The number of aromatic nitrogens is 4. The van der Waals surface area contributed by atoms with Crippen molar-refractivity contribution in [2.75, 3.05) is 7.11 Å². The Kier molecular flexibility index (Phi) is 7.32. The Morgan fingerprint density at radius 2 is 1.68 bits per heavy atom. The van der Waals surface area contributed by atoms with Gasteiger partial charge in [0.25, 0.3) is 5.89 Å². The minimum atomic E-state index is -0.864. The first-order valence-electron chi connectivity index (χ1n) is 13.9. The normalized spacial score (nSPS) is 15.7. The van der Waals surface area contributed by atoms with Crippen LogP contribution in [0.5, 0.6) is 5.75 Å². The Hall–Kier alpha value is -4.27. The number of hydrogen-bond donors (Lipinski definition) is 1. The first-order chi connectivity index (χ1) is 19.4. The van der Waals surface area contributed by atoms with E-state index in [-0.39, 0.29) is 11.3 Å². The van der Waals surface area contributed by atoms with E-state index >= 15 is 0 Å². The number of nitrogens with zero attached hydrogens (tertiary/aromatic N) is 4. The van der Waals surface area contributed by atoms with Crippen molar-refractivity contribution < 1.29 is 18.8 Å². The van der Waals surface area contributed by atoms with Crippen molar-refractivity contribution in [2.45, 2.75) is 70.9 Å². The van der Waals surface area contributed by atoms with Crippen LogP contribution >= 0.6 is 0 Å². The molecule has 214 valence electrons. The van der Waals surface area contributed by atoms with Gasteiger partial charge in [0.15, 0.2) is 5.60 Å². The maximum atomic E-state index is 12.3. The van der Waals surface area contributed by atoms with Crippen LogP contribution in [-0.2, 0) is 15.8 Å². The quantitative estimate of drug-likeness (QED) is 0.256. The lowest BCUT2D eigenvalue weighted by Crippen LogP contribution is -2.42. The van der Waals surface area contributed by atoms with E-state index in [1.54, 1.807) is 19.5 Å². The summed E-state index contributed by atoms with van der Waals surface area (Å²) in [5.41, 5.74) is 3.29. The second-order valence-corrected chi connectivity index (χ2v) is 12.2. The third-order valence-corrected chi connectivity index (χ3v) is 7.76. The maximum absolute atomic E-state index is 12.3. The summed E-state index contributed by atoms with van der Waals surface area (Å²) in [5, 5.41) is 6.97. The summed E-state index contributed by atoms with van der Waals surface area (Å²) in [6.07, 6.45) is 6.09. The van der Waals surface area contributed by atoms with Crippen molar-refractivity contribution in [2.24, 2.45) is 5.92 Å². The number of ether oxygens (including phenoxy) is 2. The summed E-state index contributed by atoms with van der Waals surface area (Å²) in [4.78, 5) is 26.0. The lowest BCUT2D eigenvalue weighted by atomic mass is 9.70. The van der Waals surface area contributed by atoms with Crippen molar-refractivity contribution in [3.8, 4) is 28.3 Å². The fourth-order valence-corrected chi connectivity index (χ4v) is 4.82. The van der Waals surface area contributed by atoms with Gasteiger partial charge in [-0.2, -0.15) is 4.98 Å². The number of amides is 1. The molecule has 1 fully saturated rings. The largest absolute Gasteiger partial charge is 0.495 e. The highest BCUT2D eigenvalue weighted by Crippen LogP contribution is 2.49. The van der Waals surface area contributed by atoms with Crippen LogP contribution in [0, 0.1) is 5.92 Å². The zero-order valence-electron chi connectivity index (χ0n) is 24.7. The zero-order valence-corrected chi connectivity index (χ0v) is 24.7. The third-order valence-electron chi connectivity index (χ3n) is 7.76. The van der Waals surface area contributed by atoms with Gasteiger partial charge in [0, 0.05) is 47.3 Å². The van der Waals surface area contributed by atoms with Crippen molar-refractivity contribution in [3.63, 3.8) is 0 Å². The minimum absolute atomic E-state index is 0.271. The fraction of sp³-hybridized carbons (Fsp3) is 0.406. The van der Waals surface area contributed by atoms with Gasteiger partial charge in [-0.3, -0.25) is 9.97 Å². The van der Waals surface area contributed by atoms with Gasteiger partial charge in [0.05, 0.1) is 19.0 Å². The van der Waals surface area contributed by atoms with E-state index in [0.29, 0.717) is 24.6 Å². The number of carbonyl (C=O) groups is 1. The van der Waals surface area contributed by atoms with Crippen LogP contribution in [0.3, 0.4) is 0 Å². The van der Waals surface area contributed by atoms with Gasteiger partial charge in [-0.25, -0.2) is 4.79 Å². The number of carbonyl (C=O) groups excluding carboxylic acids is 1. The average molecular weight is 556 g/mol. The molecule has 1 unspecified atom stereocenters. The number of nitrogens with one attached hydrogen (secondary N) is 1. The van der Waals surface area contributed by atoms with Crippen LogP contribution < -0.4 is 10.1 Å². The van der Waals surface area contributed by atoms with E-state index < -0.39 is 17.2 Å². The Morgan fingerprint density at radius 3 is 2.27 bits per heavy atom. The zero-order chi connectivity index (χ0) is 29.4. The lowest BCUT2D eigenvalue weighted by molar-refractivity contribution is 0.0545. The Morgan fingerprint density at radius 1 is 0.976 bits per heavy atom. The van der Waals surface area contributed by atoms with E-state index in [9.17, 15) is 4.79 Å². The molecule has 0 aliphatic heterocycles. The molecule has 1 aromatic carbocycles. The molecule has 3 heterocycles. The van der Waals surface area contributed by atoms with Crippen LogP contribution in [0.2, 0.25) is 0 Å². The molecule has 1 aliphatic rings. The molecule has 41 heavy (non-hydrogen) atoms. The summed E-state index contributed by atoms with van der Waals surface area (Å²) < 4.78 is 16.5. The number of alkyl carbamates (subject to hydrolysis) is 1. The standard InChI is InChI=1S/C32H37N5O4/c1-20(2)31(6,24-11-8-21(9-12-24)23-16-25(39-7)19-33-17-23)26-13-10-22(18-34-26)27-35-28(41-37-27)32(14-15-32)40-29(38)36-30(3,4)5/h8-13,16-20H,14-15H2,1-7H3,(H,36,38). The number of benzene rings is 1. The highest BCUT2D eigenvalue weighted by Gasteiger charge is 2.54. The second kappa shape index (κ2) is 10.6. The van der Waals surface area contributed by atoms with E-state index in [1.165, 1.54) is 0 Å². The second-order valence-electron chi connectivity index (χ2n) is 12.2. The first-order valence-corrected chi connectivity index (χ1v) is 13.9. The number of rotatable bonds is 8. The van der Waals surface area contributed by atoms with Crippen LogP contribution in [0.4, 0.5) is 4.79 Å². The van der Waals surface area contributed by atoms with Crippen molar-refractivity contribution in [3.05, 3.63) is 78.2 Å². The van der Waals surface area contributed by atoms with Crippen LogP contribution in [-0.4, -0.2) is 38.9 Å². The summed E-state index contributed by atoms with van der Waals surface area (Å²) in [7, 11) is 1.64. The molecule has 0 bridgehead atoms. The molecular weight excluding hydrogens is 518 g/mol. The van der Waals surface area contributed by atoms with E-state index in [0.717, 1.165) is 33.7 Å². The number of hydrogen-bond acceptors (Lipinski definition) is 8. The van der Waals surface area contributed by atoms with Gasteiger partial charge in [0.2, 0.25) is 5.82 Å². The van der Waals surface area contributed by atoms with Gasteiger partial charge in [-0.15, -0.1) is 0 Å². The highest BCUT2D eigenvalue weighted by atomic mass is 16.6. The van der Waals surface area contributed by atoms with Gasteiger partial charge >= 0.3 is 6.09 Å². The van der Waals surface area contributed by atoms with E-state index in [1.807, 2.05) is 45.2 Å². The SMILES string of the molecule is COc1cncc(-c2ccc(C(C)(c3ccc(-c4noc(C5(OC(=O)NC(C)(C)C)CC5)n4)cn3)C(C)C)cc2)c1. The van der Waals surface area contributed by atoms with Gasteiger partial charge in [0.1, 0.15) is 5.75 Å². The molecule has 1 atom stereocenters. The van der Waals surface area contributed by atoms with Crippen LogP contribution in [0.25, 0.3) is 22.5 Å². The van der Waals surface area contributed by atoms with E-state index in [2.05, 4.69) is 65.5 Å². The average Bonchev–Trinajstić information content (AvgIpc) is 3.54. The topological polar surface area (TPSA) is 112 Å². The molecule has 1 saturated carbocycles. The lowest BCUT2D eigenvalue weighted by Gasteiger charge is -2.34. The molecule has 5 rings (SSSR count). The first kappa shape index (κ1) is 28.3. The van der Waals surface area contributed by atoms with Crippen molar-refractivity contribution >= 4 is 6.09 Å². The molecule has 3 aromatic heterocycles. The van der Waals surface area contributed by atoms with Crippen molar-refractivity contribution in [1.82, 2.24) is 25.4 Å². The molecule has 4 aromatic rings. The minimum Gasteiger partial charge on any atom is -0.495 e.